The van der Waals surface area contributed by atoms with Gasteiger partial charge in [-0.1, -0.05) is 18.2 Å². The highest BCUT2D eigenvalue weighted by atomic mass is 32.2. The van der Waals surface area contributed by atoms with Crippen molar-refractivity contribution in [1.82, 2.24) is 9.88 Å². The molecule has 2 heterocycles. The van der Waals surface area contributed by atoms with Crippen molar-refractivity contribution in [2.45, 2.75) is 32.9 Å². The summed E-state index contributed by atoms with van der Waals surface area (Å²) in [7, 11) is -3.00. The van der Waals surface area contributed by atoms with E-state index in [1.165, 1.54) is 5.56 Å². The van der Waals surface area contributed by atoms with Crippen LogP contribution in [0.25, 0.3) is 0 Å². The fraction of sp³-hybridized carbons (Fsp3) is 0.368. The van der Waals surface area contributed by atoms with E-state index in [0.29, 0.717) is 18.1 Å². The molecule has 2 aromatic rings. The second kappa shape index (κ2) is 7.72. The van der Waals surface area contributed by atoms with Gasteiger partial charge in [0.25, 0.3) is 0 Å². The van der Waals surface area contributed by atoms with Crippen LogP contribution >= 0.6 is 12.2 Å². The number of pyridine rings is 1. The van der Waals surface area contributed by atoms with Gasteiger partial charge in [0.15, 0.2) is 14.9 Å². The van der Waals surface area contributed by atoms with Gasteiger partial charge >= 0.3 is 0 Å². The standard InChI is InChI=1S/C19H23N3O2S2/c1-14-5-3-7-18(15(14)2)21-19(25)22(12-16-6-4-9-20-11-16)17-8-10-26(23,24)13-17/h3-7,9,11,17H,8,10,12-13H2,1-2H3,(H,21,25)/t17-/m1/s1. The zero-order valence-corrected chi connectivity index (χ0v) is 16.6. The number of hydrogen-bond acceptors (Lipinski definition) is 4. The Balaban J connectivity index is 1.84. The van der Waals surface area contributed by atoms with Crippen LogP contribution in [0.2, 0.25) is 0 Å². The average molecular weight is 390 g/mol. The molecule has 1 aliphatic rings. The molecule has 3 rings (SSSR count). The molecule has 1 N–H and O–H groups in total. The summed E-state index contributed by atoms with van der Waals surface area (Å²) in [5, 5.41) is 3.86. The highest BCUT2D eigenvalue weighted by Gasteiger charge is 2.33. The third-order valence-corrected chi connectivity index (χ3v) is 6.92. The Hall–Kier alpha value is -1.99. The lowest BCUT2D eigenvalue weighted by molar-refractivity contribution is 0.332. The van der Waals surface area contributed by atoms with Crippen LogP contribution in [0.5, 0.6) is 0 Å². The van der Waals surface area contributed by atoms with Crippen LogP contribution in [0.1, 0.15) is 23.1 Å². The summed E-state index contributed by atoms with van der Waals surface area (Å²) in [4.78, 5) is 6.14. The zero-order valence-electron chi connectivity index (χ0n) is 15.0. The van der Waals surface area contributed by atoms with Crippen molar-refractivity contribution < 1.29 is 8.42 Å². The molecule has 138 valence electrons. The fourth-order valence-corrected chi connectivity index (χ4v) is 5.20. The number of anilines is 1. The van der Waals surface area contributed by atoms with Crippen LogP contribution in [0.4, 0.5) is 5.69 Å². The second-order valence-electron chi connectivity index (χ2n) is 6.72. The summed E-state index contributed by atoms with van der Waals surface area (Å²) in [5.41, 5.74) is 4.27. The molecule has 5 nitrogen and oxygen atoms in total. The van der Waals surface area contributed by atoms with Crippen molar-refractivity contribution in [3.8, 4) is 0 Å². The van der Waals surface area contributed by atoms with E-state index in [1.54, 1.807) is 12.4 Å². The summed E-state index contributed by atoms with van der Waals surface area (Å²) < 4.78 is 23.9. The lowest BCUT2D eigenvalue weighted by Gasteiger charge is -2.31. The summed E-state index contributed by atoms with van der Waals surface area (Å²) in [6, 6.07) is 9.76. The number of sulfone groups is 1. The van der Waals surface area contributed by atoms with Gasteiger partial charge < -0.3 is 10.2 Å². The number of nitrogens with one attached hydrogen (secondary N) is 1. The quantitative estimate of drug-likeness (QED) is 0.811. The summed E-state index contributed by atoms with van der Waals surface area (Å²) in [5.74, 6) is 0.356. The normalized spacial score (nSPS) is 18.5. The van der Waals surface area contributed by atoms with E-state index in [2.05, 4.69) is 23.3 Å². The van der Waals surface area contributed by atoms with Crippen molar-refractivity contribution in [3.05, 3.63) is 59.4 Å². The Morgan fingerprint density at radius 1 is 1.31 bits per heavy atom. The van der Waals surface area contributed by atoms with Crippen molar-refractivity contribution >= 4 is 32.9 Å². The molecule has 0 bridgehead atoms. The molecule has 0 radical (unpaired) electrons. The average Bonchev–Trinajstić information content (AvgIpc) is 2.97. The molecule has 1 aromatic carbocycles. The Bertz CT molecular complexity index is 898. The molecule has 1 aromatic heterocycles. The summed E-state index contributed by atoms with van der Waals surface area (Å²) >= 11 is 5.67. The van der Waals surface area contributed by atoms with Crippen LogP contribution in [0.15, 0.2) is 42.7 Å². The predicted molar refractivity (Wildman–Crippen MR) is 109 cm³/mol. The number of benzene rings is 1. The Kier molecular flexibility index (Phi) is 5.58. The number of rotatable bonds is 4. The first kappa shape index (κ1) is 18.8. The van der Waals surface area contributed by atoms with Gasteiger partial charge in [-0.15, -0.1) is 0 Å². The molecule has 0 aliphatic carbocycles. The number of nitrogens with zero attached hydrogens (tertiary/aromatic N) is 2. The molecule has 1 atom stereocenters. The van der Waals surface area contributed by atoms with E-state index in [4.69, 9.17) is 12.2 Å². The van der Waals surface area contributed by atoms with E-state index >= 15 is 0 Å². The van der Waals surface area contributed by atoms with E-state index in [0.717, 1.165) is 16.8 Å². The first-order valence-electron chi connectivity index (χ1n) is 8.59. The number of aromatic nitrogens is 1. The maximum Gasteiger partial charge on any atom is 0.174 e. The highest BCUT2D eigenvalue weighted by Crippen LogP contribution is 2.23. The van der Waals surface area contributed by atoms with Gasteiger partial charge in [0.1, 0.15) is 0 Å². The van der Waals surface area contributed by atoms with Crippen LogP contribution < -0.4 is 5.32 Å². The summed E-state index contributed by atoms with van der Waals surface area (Å²) in [6.07, 6.45) is 4.11. The molecule has 7 heteroatoms. The Labute approximate surface area is 160 Å². The van der Waals surface area contributed by atoms with Gasteiger partial charge in [0.05, 0.1) is 11.5 Å². The topological polar surface area (TPSA) is 62.3 Å². The lowest BCUT2D eigenvalue weighted by atomic mass is 10.1. The van der Waals surface area contributed by atoms with Gasteiger partial charge in [-0.2, -0.15) is 0 Å². The van der Waals surface area contributed by atoms with Crippen molar-refractivity contribution in [1.29, 1.82) is 0 Å². The predicted octanol–water partition coefficient (Wildman–Crippen LogP) is 3.08. The fourth-order valence-electron chi connectivity index (χ4n) is 3.15. The molecular formula is C19H23N3O2S2. The molecule has 0 unspecified atom stereocenters. The SMILES string of the molecule is Cc1cccc(NC(=S)N(Cc2cccnc2)[C@@H]2CCS(=O)(=O)C2)c1C. The van der Waals surface area contributed by atoms with E-state index < -0.39 is 9.84 Å². The molecular weight excluding hydrogens is 366 g/mol. The van der Waals surface area contributed by atoms with Gasteiger partial charge in [-0.25, -0.2) is 8.42 Å². The first-order chi connectivity index (χ1) is 12.4. The van der Waals surface area contributed by atoms with E-state index in [-0.39, 0.29) is 17.5 Å². The molecule has 1 saturated heterocycles. The maximum atomic E-state index is 12.0. The highest BCUT2D eigenvalue weighted by molar-refractivity contribution is 7.91. The number of thiocarbonyl (C=S) groups is 1. The molecule has 0 saturated carbocycles. The van der Waals surface area contributed by atoms with Crippen molar-refractivity contribution in [3.63, 3.8) is 0 Å². The Morgan fingerprint density at radius 3 is 2.77 bits per heavy atom. The second-order valence-corrected chi connectivity index (χ2v) is 9.34. The third kappa shape index (κ3) is 4.40. The minimum atomic E-state index is -3.00. The van der Waals surface area contributed by atoms with Crippen molar-refractivity contribution in [2.75, 3.05) is 16.8 Å². The Morgan fingerprint density at radius 2 is 2.12 bits per heavy atom. The third-order valence-electron chi connectivity index (χ3n) is 4.83. The molecule has 0 spiro atoms. The van der Waals surface area contributed by atoms with Gasteiger partial charge in [0.2, 0.25) is 0 Å². The monoisotopic (exact) mass is 389 g/mol. The largest absolute Gasteiger partial charge is 0.341 e. The van der Waals surface area contributed by atoms with E-state index in [1.807, 2.05) is 36.1 Å². The number of hydrogen-bond donors (Lipinski definition) is 1. The minimum absolute atomic E-state index is 0.120. The van der Waals surface area contributed by atoms with E-state index in [9.17, 15) is 8.42 Å². The van der Waals surface area contributed by atoms with Crippen LogP contribution in [0.3, 0.4) is 0 Å². The van der Waals surface area contributed by atoms with Gasteiger partial charge in [0, 0.05) is 30.7 Å². The van der Waals surface area contributed by atoms with Crippen LogP contribution in [-0.2, 0) is 16.4 Å². The molecule has 1 fully saturated rings. The smallest absolute Gasteiger partial charge is 0.174 e. The summed E-state index contributed by atoms with van der Waals surface area (Å²) in [6.45, 7) is 4.64. The van der Waals surface area contributed by atoms with Crippen molar-refractivity contribution in [2.24, 2.45) is 0 Å². The molecule has 0 amide bonds. The minimum Gasteiger partial charge on any atom is -0.341 e. The first-order valence-corrected chi connectivity index (χ1v) is 10.8. The van der Waals surface area contributed by atoms with Crippen LogP contribution in [-0.4, -0.2) is 41.0 Å². The van der Waals surface area contributed by atoms with Gasteiger partial charge in [-0.3, -0.25) is 4.98 Å². The van der Waals surface area contributed by atoms with Gasteiger partial charge in [-0.05, 0) is 61.3 Å². The molecule has 1 aliphatic heterocycles. The maximum absolute atomic E-state index is 12.0. The van der Waals surface area contributed by atoms with Crippen LogP contribution in [0, 0.1) is 13.8 Å². The number of aryl methyl sites for hydroxylation is 1. The lowest BCUT2D eigenvalue weighted by Crippen LogP contribution is -2.43. The zero-order chi connectivity index (χ0) is 18.7. The molecule has 26 heavy (non-hydrogen) atoms.